The van der Waals surface area contributed by atoms with Crippen LogP contribution in [-0.2, 0) is 9.59 Å². The normalized spacial score (nSPS) is 14.8. The summed E-state index contributed by atoms with van der Waals surface area (Å²) in [5, 5.41) is 11.8. The van der Waals surface area contributed by atoms with E-state index in [9.17, 15) is 14.4 Å². The molecule has 0 saturated heterocycles. The number of carbonyl (C=O) groups is 2. The molecule has 0 bridgehead atoms. The van der Waals surface area contributed by atoms with E-state index in [0.717, 1.165) is 0 Å². The number of nitrogens with one attached hydrogen (secondary N) is 1. The number of hydrogen-bond donors (Lipinski definition) is 2. The van der Waals surface area contributed by atoms with Crippen LogP contribution in [0.1, 0.15) is 24.1 Å². The lowest BCUT2D eigenvalue weighted by atomic mass is 9.95. The summed E-state index contributed by atoms with van der Waals surface area (Å²) >= 11 is 1.21. The highest BCUT2D eigenvalue weighted by Crippen LogP contribution is 2.32. The molecule has 1 aliphatic rings. The SMILES string of the molecule is COc1cccc(C2C(C(=O)Nc3ccccc3)=C(C)N=c3sc(=Cc4cccc(OCC(=O)O)c4)c(=O)n32)c1. The van der Waals surface area contributed by atoms with Crippen LogP contribution in [0, 0.1) is 0 Å². The maximum absolute atomic E-state index is 13.9. The minimum atomic E-state index is -1.08. The van der Waals surface area contributed by atoms with Crippen LogP contribution in [0.2, 0.25) is 0 Å². The number of thiazole rings is 1. The first-order valence-electron chi connectivity index (χ1n) is 12.3. The number of rotatable bonds is 8. The van der Waals surface area contributed by atoms with Gasteiger partial charge < -0.3 is 19.9 Å². The Morgan fingerprint density at radius 3 is 2.55 bits per heavy atom. The van der Waals surface area contributed by atoms with Gasteiger partial charge in [-0.2, -0.15) is 0 Å². The van der Waals surface area contributed by atoms with Crippen molar-refractivity contribution in [2.45, 2.75) is 13.0 Å². The molecule has 40 heavy (non-hydrogen) atoms. The number of aromatic nitrogens is 1. The van der Waals surface area contributed by atoms with Gasteiger partial charge in [0.25, 0.3) is 11.5 Å². The van der Waals surface area contributed by atoms with Crippen molar-refractivity contribution in [3.63, 3.8) is 0 Å². The number of allylic oxidation sites excluding steroid dienone is 1. The topological polar surface area (TPSA) is 119 Å². The summed E-state index contributed by atoms with van der Waals surface area (Å²) in [6.07, 6.45) is 1.70. The first kappa shape index (κ1) is 26.6. The largest absolute Gasteiger partial charge is 0.497 e. The first-order valence-corrected chi connectivity index (χ1v) is 13.1. The van der Waals surface area contributed by atoms with Crippen LogP contribution in [0.15, 0.2) is 99.9 Å². The molecule has 1 aliphatic heterocycles. The van der Waals surface area contributed by atoms with Crippen LogP contribution in [0.4, 0.5) is 5.69 Å². The molecule has 5 rings (SSSR count). The number of anilines is 1. The molecule has 1 unspecified atom stereocenters. The van der Waals surface area contributed by atoms with E-state index in [1.54, 1.807) is 68.6 Å². The van der Waals surface area contributed by atoms with Gasteiger partial charge in [-0.1, -0.05) is 53.8 Å². The van der Waals surface area contributed by atoms with Gasteiger partial charge in [-0.25, -0.2) is 9.79 Å². The van der Waals surface area contributed by atoms with E-state index in [-0.39, 0.29) is 11.5 Å². The lowest BCUT2D eigenvalue weighted by Crippen LogP contribution is -2.40. The number of para-hydroxylation sites is 1. The van der Waals surface area contributed by atoms with Crippen molar-refractivity contribution in [1.82, 2.24) is 4.57 Å². The third-order valence-corrected chi connectivity index (χ3v) is 7.21. The van der Waals surface area contributed by atoms with Gasteiger partial charge >= 0.3 is 5.97 Å². The fourth-order valence-corrected chi connectivity index (χ4v) is 5.50. The second-order valence-corrected chi connectivity index (χ2v) is 9.94. The summed E-state index contributed by atoms with van der Waals surface area (Å²) in [5.74, 6) is -0.485. The number of nitrogens with zero attached hydrogens (tertiary/aromatic N) is 2. The lowest BCUT2D eigenvalue weighted by molar-refractivity contribution is -0.139. The van der Waals surface area contributed by atoms with E-state index in [0.29, 0.717) is 48.9 Å². The van der Waals surface area contributed by atoms with Crippen molar-refractivity contribution in [3.05, 3.63) is 121 Å². The molecular formula is C30H25N3O6S. The molecule has 0 fully saturated rings. The van der Waals surface area contributed by atoms with Crippen molar-refractivity contribution >= 4 is 35.0 Å². The second-order valence-electron chi connectivity index (χ2n) is 8.93. The molecule has 9 nitrogen and oxygen atoms in total. The van der Waals surface area contributed by atoms with Crippen LogP contribution in [-0.4, -0.2) is 35.3 Å². The van der Waals surface area contributed by atoms with Crippen LogP contribution in [0.3, 0.4) is 0 Å². The Labute approximate surface area is 233 Å². The van der Waals surface area contributed by atoms with Crippen molar-refractivity contribution in [2.24, 2.45) is 4.99 Å². The summed E-state index contributed by atoms with van der Waals surface area (Å²) in [5.41, 5.74) is 2.51. The quantitative estimate of drug-likeness (QED) is 0.344. The Balaban J connectivity index is 1.63. The molecule has 1 aromatic heterocycles. The number of carboxylic acids is 1. The number of benzene rings is 3. The maximum Gasteiger partial charge on any atom is 0.341 e. The van der Waals surface area contributed by atoms with Gasteiger partial charge in [0, 0.05) is 5.69 Å². The molecule has 0 saturated carbocycles. The van der Waals surface area contributed by atoms with E-state index >= 15 is 0 Å². The molecule has 0 spiro atoms. The Hall–Kier alpha value is -4.96. The Morgan fingerprint density at radius 1 is 1.05 bits per heavy atom. The molecule has 4 aromatic rings. The summed E-state index contributed by atoms with van der Waals surface area (Å²) in [7, 11) is 1.56. The van der Waals surface area contributed by atoms with Gasteiger partial charge in [0.1, 0.15) is 11.5 Å². The highest BCUT2D eigenvalue weighted by Gasteiger charge is 2.32. The monoisotopic (exact) mass is 555 g/mol. The van der Waals surface area contributed by atoms with Crippen LogP contribution in [0.25, 0.3) is 6.08 Å². The van der Waals surface area contributed by atoms with Crippen molar-refractivity contribution in [2.75, 3.05) is 19.0 Å². The van der Waals surface area contributed by atoms with Gasteiger partial charge in [0.05, 0.1) is 29.0 Å². The number of aliphatic carboxylic acids is 1. The maximum atomic E-state index is 13.9. The van der Waals surface area contributed by atoms with Crippen LogP contribution in [0.5, 0.6) is 11.5 Å². The molecular weight excluding hydrogens is 530 g/mol. The minimum absolute atomic E-state index is 0.314. The average molecular weight is 556 g/mol. The molecule has 202 valence electrons. The summed E-state index contributed by atoms with van der Waals surface area (Å²) < 4.78 is 12.6. The van der Waals surface area contributed by atoms with E-state index in [4.69, 9.17) is 14.6 Å². The molecule has 0 aliphatic carbocycles. The van der Waals surface area contributed by atoms with Gasteiger partial charge in [-0.05, 0) is 60.5 Å². The van der Waals surface area contributed by atoms with Gasteiger partial charge in [-0.15, -0.1) is 0 Å². The Morgan fingerprint density at radius 2 is 1.80 bits per heavy atom. The molecule has 10 heteroatoms. The highest BCUT2D eigenvalue weighted by molar-refractivity contribution is 7.07. The summed E-state index contributed by atoms with van der Waals surface area (Å²) in [4.78, 5) is 43.5. The van der Waals surface area contributed by atoms with Gasteiger partial charge in [0.15, 0.2) is 11.4 Å². The zero-order valence-electron chi connectivity index (χ0n) is 21.7. The second kappa shape index (κ2) is 11.4. The Kier molecular flexibility index (Phi) is 7.61. The molecule has 0 radical (unpaired) electrons. The number of fused-ring (bicyclic) bond motifs is 1. The number of methoxy groups -OCH3 is 1. The molecule has 1 amide bonds. The van der Waals surface area contributed by atoms with Crippen molar-refractivity contribution in [1.29, 1.82) is 0 Å². The fourth-order valence-electron chi connectivity index (χ4n) is 4.45. The molecule has 2 N–H and O–H groups in total. The van der Waals surface area contributed by atoms with E-state index in [1.165, 1.54) is 15.9 Å². The Bertz CT molecular complexity index is 1810. The van der Waals surface area contributed by atoms with Gasteiger partial charge in [-0.3, -0.25) is 14.2 Å². The molecule has 1 atom stereocenters. The van der Waals surface area contributed by atoms with E-state index in [1.807, 2.05) is 30.3 Å². The van der Waals surface area contributed by atoms with Crippen molar-refractivity contribution in [3.8, 4) is 11.5 Å². The third kappa shape index (κ3) is 5.57. The number of carbonyl (C=O) groups excluding carboxylic acids is 1. The lowest BCUT2D eigenvalue weighted by Gasteiger charge is -2.25. The van der Waals surface area contributed by atoms with Gasteiger partial charge in [0.2, 0.25) is 0 Å². The van der Waals surface area contributed by atoms with Crippen LogP contribution >= 0.6 is 11.3 Å². The van der Waals surface area contributed by atoms with Crippen LogP contribution < -0.4 is 29.7 Å². The van der Waals surface area contributed by atoms with E-state index in [2.05, 4.69) is 10.3 Å². The minimum Gasteiger partial charge on any atom is -0.497 e. The first-order chi connectivity index (χ1) is 19.3. The van der Waals surface area contributed by atoms with Crippen molar-refractivity contribution < 1.29 is 24.2 Å². The zero-order valence-corrected chi connectivity index (χ0v) is 22.5. The predicted octanol–water partition coefficient (Wildman–Crippen LogP) is 3.35. The summed E-state index contributed by atoms with van der Waals surface area (Å²) in [6, 6.07) is 22.4. The number of hydrogen-bond acceptors (Lipinski definition) is 7. The smallest absolute Gasteiger partial charge is 0.341 e. The average Bonchev–Trinajstić information content (AvgIpc) is 3.25. The third-order valence-electron chi connectivity index (χ3n) is 6.23. The standard InChI is InChI=1S/C30H25N3O6S/c1-18-26(28(36)32-21-10-4-3-5-11-21)27(20-9-7-12-22(16-20)38-2)33-29(37)24(40-30(33)31-18)15-19-8-6-13-23(14-19)39-17-25(34)35/h3-16,27H,17H2,1-2H3,(H,32,36)(H,34,35). The predicted molar refractivity (Wildman–Crippen MR) is 151 cm³/mol. The number of carboxylic acid groups (broad SMARTS) is 1. The highest BCUT2D eigenvalue weighted by atomic mass is 32.1. The number of amides is 1. The zero-order chi connectivity index (χ0) is 28.2. The summed E-state index contributed by atoms with van der Waals surface area (Å²) in [6.45, 7) is 1.28. The van der Waals surface area contributed by atoms with E-state index < -0.39 is 18.6 Å². The molecule has 3 aromatic carbocycles. The number of ether oxygens (including phenoxy) is 2. The molecule has 2 heterocycles. The fraction of sp³-hybridized carbons (Fsp3) is 0.133.